The summed E-state index contributed by atoms with van der Waals surface area (Å²) >= 11 is 0. The Morgan fingerprint density at radius 1 is 0.519 bits per heavy atom. The number of benzene rings is 3. The second kappa shape index (κ2) is 30.8. The van der Waals surface area contributed by atoms with Gasteiger partial charge in [0.05, 0.1) is 78.4 Å². The number of carbonyl (C=O) groups is 3. The van der Waals surface area contributed by atoms with Crippen molar-refractivity contribution < 1.29 is 72.2 Å². The summed E-state index contributed by atoms with van der Waals surface area (Å²) in [6, 6.07) is 22.2. The van der Waals surface area contributed by atoms with Gasteiger partial charge in [0.25, 0.3) is 0 Å². The van der Waals surface area contributed by atoms with Crippen molar-refractivity contribution in [2.24, 2.45) is 20.6 Å². The van der Waals surface area contributed by atoms with Crippen molar-refractivity contribution in [2.75, 3.05) is 19.8 Å². The molecule has 0 spiro atoms. The van der Waals surface area contributed by atoms with Crippen LogP contribution in [0.3, 0.4) is 0 Å². The van der Waals surface area contributed by atoms with E-state index in [0.717, 1.165) is 60.9 Å². The van der Waals surface area contributed by atoms with Crippen LogP contribution >= 0.6 is 0 Å². The molecule has 0 aromatic heterocycles. The van der Waals surface area contributed by atoms with Gasteiger partial charge in [-0.1, -0.05) is 57.2 Å². The van der Waals surface area contributed by atoms with Crippen LogP contribution in [0.1, 0.15) is 242 Å². The van der Waals surface area contributed by atoms with E-state index in [-0.39, 0.29) is 83.6 Å². The van der Waals surface area contributed by atoms with E-state index in [4.69, 9.17) is 14.2 Å². The third kappa shape index (κ3) is 24.4. The molecule has 3 fully saturated rings. The second-order valence-electron chi connectivity index (χ2n) is 24.5. The summed E-state index contributed by atoms with van der Waals surface area (Å²) in [7, 11) is -3.57. The molecule has 3 aromatic carbocycles. The normalized spacial score (nSPS) is 17.8. The number of nitrogens with zero attached hydrogens (tertiary/aromatic N) is 1. The molecule has 0 unspecified atom stereocenters. The third-order valence-corrected chi connectivity index (χ3v) is 18.7. The quantitative estimate of drug-likeness (QED) is 0.0407. The summed E-state index contributed by atoms with van der Waals surface area (Å²) < 4.78 is 62.9. The Hall–Kier alpha value is -2.83. The van der Waals surface area contributed by atoms with Gasteiger partial charge in [0.15, 0.2) is 0 Å². The minimum absolute atomic E-state index is 0. The van der Waals surface area contributed by atoms with Crippen LogP contribution in [0.2, 0.25) is 0 Å². The summed E-state index contributed by atoms with van der Waals surface area (Å²) in [4.78, 5) is 35.4. The molecule has 5 atom stereocenters. The van der Waals surface area contributed by atoms with E-state index in [9.17, 15) is 27.0 Å². The van der Waals surface area contributed by atoms with Gasteiger partial charge in [0.2, 0.25) is 0 Å². The second-order valence-corrected chi connectivity index (χ2v) is 30.4. The molecule has 3 aliphatic carbocycles. The topological polar surface area (TPSA) is 167 Å². The van der Waals surface area contributed by atoms with Crippen LogP contribution in [0.4, 0.5) is 0 Å². The largest absolute Gasteiger partial charge is 1.00 e. The molecule has 0 amide bonds. The molecule has 0 saturated heterocycles. The van der Waals surface area contributed by atoms with E-state index in [2.05, 4.69) is 34.6 Å². The summed E-state index contributed by atoms with van der Waals surface area (Å²) in [5, 5.41) is 0. The molecule has 3 aromatic rings. The van der Waals surface area contributed by atoms with E-state index in [0.29, 0.717) is 52.8 Å². The molecule has 0 aliphatic heterocycles. The molecule has 6 rings (SSSR count). The molecule has 2 N–H and O–H groups in total. The van der Waals surface area contributed by atoms with E-state index in [1.165, 1.54) is 38.5 Å². The van der Waals surface area contributed by atoms with Crippen molar-refractivity contribution in [2.45, 2.75) is 207 Å². The fourth-order valence-electron chi connectivity index (χ4n) is 7.62. The molecule has 77 heavy (non-hydrogen) atoms. The Kier molecular flexibility index (Phi) is 28.1. The van der Waals surface area contributed by atoms with Crippen molar-refractivity contribution in [1.29, 1.82) is 0 Å². The SMILES string of the molecule is CCOC(=O)c1ccc(C(CCC2(C)CC2)=N[S@](=O)C(C)(C)C)cc1.CCOC(=O)c1ccc([C@@H](CCC2(C)CC2)N[S@](=O)C(C)(C)C)cc1.CCOC(=O)c1ccc([C@H](CCC2(C)CC2)N[S@](=O)C(C)(C)C)cc1.[B].[H-].[Na+]. The van der Waals surface area contributed by atoms with Gasteiger partial charge >= 0.3 is 47.5 Å². The first kappa shape index (κ1) is 70.3. The van der Waals surface area contributed by atoms with Gasteiger partial charge in [-0.3, -0.25) is 0 Å². The fraction of sp³-hybridized carbons (Fsp3) is 0.633. The predicted molar refractivity (Wildman–Crippen MR) is 316 cm³/mol. The number of ether oxygens (including phenoxy) is 3. The summed E-state index contributed by atoms with van der Waals surface area (Å²) in [5.74, 6) is -0.930. The first-order valence-electron chi connectivity index (χ1n) is 27.1. The van der Waals surface area contributed by atoms with Crippen molar-refractivity contribution in [3.05, 3.63) is 106 Å². The van der Waals surface area contributed by atoms with Gasteiger partial charge in [0.1, 0.15) is 11.0 Å². The van der Waals surface area contributed by atoms with Crippen LogP contribution in [0.15, 0.2) is 77.2 Å². The monoisotopic (exact) mass is 1130 g/mol. The molecule has 0 heterocycles. The average Bonchev–Trinajstić information content (AvgIpc) is 4.32. The van der Waals surface area contributed by atoms with Crippen molar-refractivity contribution in [3.8, 4) is 0 Å². The minimum atomic E-state index is -1.30. The number of esters is 3. The predicted octanol–water partition coefficient (Wildman–Crippen LogP) is 10.5. The van der Waals surface area contributed by atoms with Crippen molar-refractivity contribution in [3.63, 3.8) is 0 Å². The van der Waals surface area contributed by atoms with Gasteiger partial charge < -0.3 is 15.6 Å². The standard InChI is InChI=1S/2C20H31NO3S.C20H29NO3S.B.Na.H/c3*1-6-24-18(22)16-9-7-15(8-10-16)17(11-12-20(5)13-14-20)21-25(23)19(2,3)4;;;/h2*7-10,17,21H,6,11-14H2,1-5H3;7-10H,6,11-14H2,1-5H3;;;/q;;;;+1;-1/t17-,25+;17-,25-;25-;;;/m011.../s1. The van der Waals surface area contributed by atoms with E-state index >= 15 is 0 Å². The molecule has 423 valence electrons. The molecule has 17 heteroatoms. The maximum Gasteiger partial charge on any atom is 1.00 e. The Morgan fingerprint density at radius 3 is 1.08 bits per heavy atom. The number of rotatable bonds is 23. The Morgan fingerprint density at radius 2 is 0.805 bits per heavy atom. The summed E-state index contributed by atoms with van der Waals surface area (Å²) in [5.41, 5.74) is 6.86. The molecular formula is C60H92BN3NaO9S3. The number of hydrogen-bond donors (Lipinski definition) is 2. The van der Waals surface area contributed by atoms with Crippen LogP contribution in [0, 0.1) is 16.2 Å². The number of carbonyl (C=O) groups excluding carboxylic acids is 3. The molecule has 0 bridgehead atoms. The van der Waals surface area contributed by atoms with Crippen LogP contribution in [-0.4, -0.2) is 78.7 Å². The zero-order valence-electron chi connectivity index (χ0n) is 50.6. The molecule has 12 nitrogen and oxygen atoms in total. The van der Waals surface area contributed by atoms with Crippen LogP contribution in [0.25, 0.3) is 0 Å². The van der Waals surface area contributed by atoms with E-state index in [1.807, 2.05) is 98.7 Å². The van der Waals surface area contributed by atoms with Gasteiger partial charge in [-0.15, -0.1) is 0 Å². The molecule has 3 aliphatic rings. The van der Waals surface area contributed by atoms with Crippen LogP contribution in [-0.2, 0) is 47.2 Å². The number of nitrogens with one attached hydrogen (secondary N) is 2. The first-order valence-corrected chi connectivity index (χ1v) is 30.5. The van der Waals surface area contributed by atoms with Crippen LogP contribution < -0.4 is 39.0 Å². The zero-order chi connectivity index (χ0) is 56.0. The van der Waals surface area contributed by atoms with E-state index in [1.54, 1.807) is 57.2 Å². The smallest absolute Gasteiger partial charge is 1.00 e. The maximum absolute atomic E-state index is 12.6. The van der Waals surface area contributed by atoms with Gasteiger partial charge in [0, 0.05) is 20.5 Å². The van der Waals surface area contributed by atoms with Gasteiger partial charge in [-0.05, 0) is 229 Å². The van der Waals surface area contributed by atoms with Gasteiger partial charge in [-0.25, -0.2) is 36.5 Å². The maximum atomic E-state index is 12.6. The van der Waals surface area contributed by atoms with Gasteiger partial charge in [-0.2, -0.15) is 4.40 Å². The summed E-state index contributed by atoms with van der Waals surface area (Å²) in [6.07, 6.45) is 13.6. The fourth-order valence-corrected chi connectivity index (χ4v) is 10.0. The molecule has 3 saturated carbocycles. The van der Waals surface area contributed by atoms with Crippen molar-refractivity contribution in [1.82, 2.24) is 9.44 Å². The number of hydrogen-bond acceptors (Lipinski definition) is 9. The zero-order valence-corrected chi connectivity index (χ0v) is 54.1. The van der Waals surface area contributed by atoms with E-state index < -0.39 is 33.0 Å². The third-order valence-electron chi connectivity index (χ3n) is 14.1. The average molecular weight is 1130 g/mol. The molecular weight excluding hydrogens is 1040 g/mol. The van der Waals surface area contributed by atoms with Crippen LogP contribution in [0.5, 0.6) is 0 Å². The molecule has 3 radical (unpaired) electrons. The minimum Gasteiger partial charge on any atom is -1.00 e. The Labute approximate surface area is 496 Å². The first-order chi connectivity index (χ1) is 34.9. The Balaban J connectivity index is 0.000000574. The van der Waals surface area contributed by atoms with Crippen molar-refractivity contribution >= 4 is 65.0 Å². The Bertz CT molecular complexity index is 2350. The summed E-state index contributed by atoms with van der Waals surface area (Å²) in [6.45, 7) is 31.0.